The second kappa shape index (κ2) is 3.94. The fourth-order valence-corrected chi connectivity index (χ4v) is 2.32. The summed E-state index contributed by atoms with van der Waals surface area (Å²) in [5.41, 5.74) is 0.990. The number of aldehydes is 1. The lowest BCUT2D eigenvalue weighted by molar-refractivity contribution is 0.110. The molecular weight excluding hydrogens is 214 g/mol. The summed E-state index contributed by atoms with van der Waals surface area (Å²) in [7, 11) is 4.12. The number of carbonyl (C=O) groups excluding carboxylic acids is 1. The number of hydrogen-bond donors (Lipinski definition) is 0. The van der Waals surface area contributed by atoms with Crippen molar-refractivity contribution in [3.8, 4) is 0 Å². The molecule has 4 nitrogen and oxygen atoms in total. The largest absolute Gasteiger partial charge is 0.324 e. The third-order valence-electron chi connectivity index (χ3n) is 3.00. The van der Waals surface area contributed by atoms with Crippen LogP contribution in [0.25, 0.3) is 0 Å². The van der Waals surface area contributed by atoms with Crippen LogP contribution in [0.15, 0.2) is 0 Å². The van der Waals surface area contributed by atoms with Crippen molar-refractivity contribution in [2.75, 3.05) is 14.1 Å². The van der Waals surface area contributed by atoms with Crippen molar-refractivity contribution in [2.45, 2.75) is 25.4 Å². The minimum absolute atomic E-state index is 0.451. The van der Waals surface area contributed by atoms with Crippen LogP contribution >= 0.6 is 11.6 Å². The van der Waals surface area contributed by atoms with E-state index in [1.165, 1.54) is 0 Å². The zero-order valence-electron chi connectivity index (χ0n) is 8.90. The molecule has 0 bridgehead atoms. The third-order valence-corrected chi connectivity index (χ3v) is 3.31. The van der Waals surface area contributed by atoms with Crippen molar-refractivity contribution in [1.82, 2.24) is 14.5 Å². The van der Waals surface area contributed by atoms with Crippen LogP contribution in [-0.2, 0) is 13.0 Å². The SMILES string of the molecule is CN(C)C1CCn2c(C=O)nc(Cl)c2C1. The van der Waals surface area contributed by atoms with Gasteiger partial charge in [-0.1, -0.05) is 11.6 Å². The van der Waals surface area contributed by atoms with E-state index in [2.05, 4.69) is 24.0 Å². The highest BCUT2D eigenvalue weighted by molar-refractivity contribution is 6.30. The number of likely N-dealkylation sites (N-methyl/N-ethyl adjacent to an activating group) is 1. The van der Waals surface area contributed by atoms with Gasteiger partial charge in [-0.15, -0.1) is 0 Å². The molecule has 82 valence electrons. The maximum absolute atomic E-state index is 10.8. The molecule has 0 fully saturated rings. The summed E-state index contributed by atoms with van der Waals surface area (Å²) in [6, 6.07) is 0.492. The summed E-state index contributed by atoms with van der Waals surface area (Å²) in [5, 5.41) is 0.476. The second-order valence-corrected chi connectivity index (χ2v) is 4.45. The lowest BCUT2D eigenvalue weighted by atomic mass is 10.0. The number of rotatable bonds is 2. The van der Waals surface area contributed by atoms with Gasteiger partial charge >= 0.3 is 0 Å². The van der Waals surface area contributed by atoms with Gasteiger partial charge in [0.25, 0.3) is 0 Å². The van der Waals surface area contributed by atoms with Crippen LogP contribution < -0.4 is 0 Å². The molecule has 1 aliphatic rings. The van der Waals surface area contributed by atoms with Gasteiger partial charge in [0, 0.05) is 19.0 Å². The third kappa shape index (κ3) is 1.79. The number of imidazole rings is 1. The minimum Gasteiger partial charge on any atom is -0.324 e. The molecular formula is C10H14ClN3O. The molecule has 0 saturated heterocycles. The molecule has 1 aliphatic heterocycles. The Hall–Kier alpha value is -0.870. The fourth-order valence-electron chi connectivity index (χ4n) is 2.05. The molecule has 1 atom stereocenters. The van der Waals surface area contributed by atoms with E-state index < -0.39 is 0 Å². The van der Waals surface area contributed by atoms with E-state index in [1.54, 1.807) is 0 Å². The smallest absolute Gasteiger partial charge is 0.185 e. The van der Waals surface area contributed by atoms with Gasteiger partial charge in [-0.3, -0.25) is 4.79 Å². The van der Waals surface area contributed by atoms with Gasteiger partial charge in [0.05, 0.1) is 5.69 Å². The van der Waals surface area contributed by atoms with Gasteiger partial charge < -0.3 is 9.47 Å². The quantitative estimate of drug-likeness (QED) is 0.714. The van der Waals surface area contributed by atoms with Crippen LogP contribution in [0.2, 0.25) is 5.15 Å². The van der Waals surface area contributed by atoms with Crippen molar-refractivity contribution < 1.29 is 4.79 Å². The normalized spacial score (nSPS) is 20.4. The molecule has 0 N–H and O–H groups in total. The van der Waals surface area contributed by atoms with Crippen LogP contribution in [0.3, 0.4) is 0 Å². The zero-order valence-corrected chi connectivity index (χ0v) is 9.66. The number of aromatic nitrogens is 2. The van der Waals surface area contributed by atoms with E-state index in [1.807, 2.05) is 4.57 Å². The predicted octanol–water partition coefficient (Wildman–Crippen LogP) is 1.23. The first-order chi connectivity index (χ1) is 7.13. The van der Waals surface area contributed by atoms with E-state index in [-0.39, 0.29) is 0 Å². The average Bonchev–Trinajstić information content (AvgIpc) is 2.55. The van der Waals surface area contributed by atoms with Gasteiger partial charge in [0.1, 0.15) is 0 Å². The summed E-state index contributed by atoms with van der Waals surface area (Å²) in [6.07, 6.45) is 2.67. The molecule has 1 aromatic rings. The topological polar surface area (TPSA) is 38.1 Å². The summed E-state index contributed by atoms with van der Waals surface area (Å²) in [6.45, 7) is 0.825. The number of nitrogens with zero attached hydrogens (tertiary/aromatic N) is 3. The lowest BCUT2D eigenvalue weighted by Crippen LogP contribution is -2.35. The minimum atomic E-state index is 0.451. The maximum atomic E-state index is 10.8. The molecule has 1 aromatic heterocycles. The Labute approximate surface area is 93.8 Å². The van der Waals surface area contributed by atoms with Crippen molar-refractivity contribution in [1.29, 1.82) is 0 Å². The first-order valence-electron chi connectivity index (χ1n) is 5.00. The van der Waals surface area contributed by atoms with E-state index in [0.29, 0.717) is 17.0 Å². The van der Waals surface area contributed by atoms with E-state index in [0.717, 1.165) is 31.4 Å². The van der Waals surface area contributed by atoms with Crippen molar-refractivity contribution >= 4 is 17.9 Å². The molecule has 2 rings (SSSR count). The Morgan fingerprint density at radius 3 is 2.93 bits per heavy atom. The summed E-state index contributed by atoms with van der Waals surface area (Å²) in [5.74, 6) is 0.451. The van der Waals surface area contributed by atoms with Crippen LogP contribution in [0.4, 0.5) is 0 Å². The van der Waals surface area contributed by atoms with E-state index >= 15 is 0 Å². The van der Waals surface area contributed by atoms with Crippen molar-refractivity contribution in [2.24, 2.45) is 0 Å². The Balaban J connectivity index is 2.33. The molecule has 15 heavy (non-hydrogen) atoms. The maximum Gasteiger partial charge on any atom is 0.185 e. The van der Waals surface area contributed by atoms with Crippen molar-refractivity contribution in [3.63, 3.8) is 0 Å². The van der Waals surface area contributed by atoms with Crippen LogP contribution in [0, 0.1) is 0 Å². The molecule has 5 heteroatoms. The molecule has 0 radical (unpaired) electrons. The molecule has 1 unspecified atom stereocenters. The van der Waals surface area contributed by atoms with Crippen LogP contribution in [0.1, 0.15) is 22.7 Å². The predicted molar refractivity (Wildman–Crippen MR) is 58.4 cm³/mol. The van der Waals surface area contributed by atoms with Crippen LogP contribution in [-0.4, -0.2) is 40.9 Å². The highest BCUT2D eigenvalue weighted by Crippen LogP contribution is 2.25. The molecule has 0 aliphatic carbocycles. The number of hydrogen-bond acceptors (Lipinski definition) is 3. The molecule has 0 amide bonds. The highest BCUT2D eigenvalue weighted by atomic mass is 35.5. The number of carbonyl (C=O) groups is 1. The van der Waals surface area contributed by atoms with Crippen molar-refractivity contribution in [3.05, 3.63) is 16.7 Å². The highest BCUT2D eigenvalue weighted by Gasteiger charge is 2.25. The monoisotopic (exact) mass is 227 g/mol. The van der Waals surface area contributed by atoms with Crippen LogP contribution in [0.5, 0.6) is 0 Å². The van der Waals surface area contributed by atoms with Gasteiger partial charge in [0.2, 0.25) is 0 Å². The molecule has 0 spiro atoms. The summed E-state index contributed by atoms with van der Waals surface area (Å²) in [4.78, 5) is 17.0. The van der Waals surface area contributed by atoms with Gasteiger partial charge in [-0.2, -0.15) is 0 Å². The van der Waals surface area contributed by atoms with Gasteiger partial charge in [-0.25, -0.2) is 4.98 Å². The van der Waals surface area contributed by atoms with Gasteiger partial charge in [-0.05, 0) is 20.5 Å². The number of halogens is 1. The second-order valence-electron chi connectivity index (χ2n) is 4.09. The Bertz CT molecular complexity index is 386. The van der Waals surface area contributed by atoms with Gasteiger partial charge in [0.15, 0.2) is 17.3 Å². The Kier molecular flexibility index (Phi) is 2.80. The number of fused-ring (bicyclic) bond motifs is 1. The molecule has 0 saturated carbocycles. The molecule has 0 aromatic carbocycles. The average molecular weight is 228 g/mol. The Morgan fingerprint density at radius 2 is 2.33 bits per heavy atom. The molecule has 2 heterocycles. The zero-order chi connectivity index (χ0) is 11.0. The van der Waals surface area contributed by atoms with E-state index in [4.69, 9.17) is 11.6 Å². The standard InChI is InChI=1S/C10H14ClN3O/c1-13(2)7-3-4-14-8(5-7)10(11)12-9(14)6-15/h6-7H,3-5H2,1-2H3. The first-order valence-corrected chi connectivity index (χ1v) is 5.37. The fraction of sp³-hybridized carbons (Fsp3) is 0.600. The Morgan fingerprint density at radius 1 is 1.60 bits per heavy atom. The summed E-state index contributed by atoms with van der Waals surface area (Å²) >= 11 is 6.00. The lowest BCUT2D eigenvalue weighted by Gasteiger charge is -2.29. The van der Waals surface area contributed by atoms with E-state index in [9.17, 15) is 4.79 Å². The first kappa shape index (κ1) is 10.6. The summed E-state index contributed by atoms with van der Waals surface area (Å²) < 4.78 is 1.93.